The van der Waals surface area contributed by atoms with Crippen molar-refractivity contribution >= 4 is 28.3 Å². The van der Waals surface area contributed by atoms with Crippen LogP contribution in [0, 0.1) is 11.8 Å². The number of carbonyl (C=O) groups excluding carboxylic acids is 1. The van der Waals surface area contributed by atoms with Crippen molar-refractivity contribution in [2.45, 2.75) is 31.8 Å². The second-order valence-corrected chi connectivity index (χ2v) is 9.32. The summed E-state index contributed by atoms with van der Waals surface area (Å²) in [6.07, 6.45) is 7.08. The number of hydrogen-bond donors (Lipinski definition) is 5. The maximum atomic E-state index is 12.6. The van der Waals surface area contributed by atoms with E-state index in [-0.39, 0.29) is 5.91 Å². The molecule has 10 heteroatoms. The number of amides is 1. The van der Waals surface area contributed by atoms with E-state index in [1.54, 1.807) is 12.3 Å². The Morgan fingerprint density at radius 3 is 2.91 bits per heavy atom. The second-order valence-electron chi connectivity index (χ2n) is 9.32. The van der Waals surface area contributed by atoms with Crippen molar-refractivity contribution in [3.8, 4) is 11.4 Å². The highest BCUT2D eigenvalue weighted by atomic mass is 16.1. The van der Waals surface area contributed by atoms with Gasteiger partial charge in [0.05, 0.1) is 18.1 Å². The van der Waals surface area contributed by atoms with Gasteiger partial charge in [-0.15, -0.1) is 0 Å². The van der Waals surface area contributed by atoms with Crippen molar-refractivity contribution < 1.29 is 4.79 Å². The van der Waals surface area contributed by atoms with Gasteiger partial charge in [0.1, 0.15) is 11.5 Å². The van der Waals surface area contributed by atoms with Crippen molar-refractivity contribution in [3.05, 3.63) is 60.7 Å². The Balaban J connectivity index is 1.20. The SMILES string of the molecule is CC1C(Nc2ccnc(-c3ccc4cc(C(=O)Nc5ccnnc5)[nH]c4c3)n2)CCC2NNCC21. The van der Waals surface area contributed by atoms with Gasteiger partial charge in [-0.3, -0.25) is 15.6 Å². The van der Waals surface area contributed by atoms with Crippen molar-refractivity contribution in [1.29, 1.82) is 0 Å². The monoisotopic (exact) mass is 469 g/mol. The van der Waals surface area contributed by atoms with Crippen LogP contribution >= 0.6 is 0 Å². The zero-order chi connectivity index (χ0) is 23.8. The van der Waals surface area contributed by atoms with Gasteiger partial charge < -0.3 is 15.6 Å². The molecule has 4 heterocycles. The molecule has 1 aromatic carbocycles. The van der Waals surface area contributed by atoms with Crippen LogP contribution in [0.4, 0.5) is 11.5 Å². The number of carbonyl (C=O) groups is 1. The number of benzene rings is 1. The van der Waals surface area contributed by atoms with Crippen LogP contribution in [0.25, 0.3) is 22.3 Å². The van der Waals surface area contributed by atoms with Gasteiger partial charge in [-0.05, 0) is 48.9 Å². The third-order valence-corrected chi connectivity index (χ3v) is 7.20. The van der Waals surface area contributed by atoms with Crippen LogP contribution in [0.1, 0.15) is 30.3 Å². The molecule has 1 aliphatic carbocycles. The number of nitrogens with one attached hydrogen (secondary N) is 5. The standard InChI is InChI=1S/C25H27N9O/c1-14-18-13-29-34-20(18)5-4-19(14)32-23-7-8-26-24(33-23)16-3-2-15-10-22(31-21(15)11-16)25(35)30-17-6-9-27-28-12-17/h2-3,6-12,14,18-20,29,31,34H,4-5,13H2,1H3,(H,26,32,33)(H,27,30,35). The number of aromatic amines is 1. The van der Waals surface area contributed by atoms with Gasteiger partial charge in [-0.2, -0.15) is 10.2 Å². The van der Waals surface area contributed by atoms with E-state index in [0.29, 0.717) is 41.1 Å². The Labute approximate surface area is 202 Å². The Morgan fingerprint density at radius 1 is 1.09 bits per heavy atom. The number of fused-ring (bicyclic) bond motifs is 2. The van der Waals surface area contributed by atoms with E-state index in [1.165, 1.54) is 12.4 Å². The lowest BCUT2D eigenvalue weighted by Gasteiger charge is -2.37. The summed E-state index contributed by atoms with van der Waals surface area (Å²) in [6.45, 7) is 3.33. The highest BCUT2D eigenvalue weighted by Gasteiger charge is 2.39. The molecule has 35 heavy (non-hydrogen) atoms. The van der Waals surface area contributed by atoms with E-state index in [0.717, 1.165) is 41.7 Å². The molecule has 0 radical (unpaired) electrons. The number of anilines is 2. The topological polar surface area (TPSA) is 133 Å². The minimum atomic E-state index is -0.241. The normalized spacial score (nSPS) is 23.7. The quantitative estimate of drug-likeness (QED) is 0.301. The lowest BCUT2D eigenvalue weighted by Crippen LogP contribution is -2.45. The van der Waals surface area contributed by atoms with E-state index in [4.69, 9.17) is 4.98 Å². The summed E-state index contributed by atoms with van der Waals surface area (Å²) in [4.78, 5) is 25.1. The molecule has 178 valence electrons. The molecule has 1 amide bonds. The fraction of sp³-hybridized carbons (Fsp3) is 0.320. The third-order valence-electron chi connectivity index (χ3n) is 7.20. The number of hydrogen-bond acceptors (Lipinski definition) is 8. The van der Waals surface area contributed by atoms with E-state index >= 15 is 0 Å². The van der Waals surface area contributed by atoms with Crippen molar-refractivity contribution in [1.82, 2.24) is 36.0 Å². The zero-order valence-electron chi connectivity index (χ0n) is 19.3. The van der Waals surface area contributed by atoms with Gasteiger partial charge in [0.2, 0.25) is 0 Å². The number of rotatable bonds is 5. The van der Waals surface area contributed by atoms with Gasteiger partial charge in [0.25, 0.3) is 5.91 Å². The first kappa shape index (κ1) is 21.6. The lowest BCUT2D eigenvalue weighted by molar-refractivity contribution is 0.102. The van der Waals surface area contributed by atoms with Crippen LogP contribution in [0.2, 0.25) is 0 Å². The molecule has 10 nitrogen and oxygen atoms in total. The fourth-order valence-electron chi connectivity index (χ4n) is 5.24. The molecular formula is C25H27N9O. The molecule has 5 N–H and O–H groups in total. The highest BCUT2D eigenvalue weighted by Crippen LogP contribution is 2.33. The number of H-pyrrole nitrogens is 1. The molecular weight excluding hydrogens is 442 g/mol. The summed E-state index contributed by atoms with van der Waals surface area (Å²) in [5, 5.41) is 14.9. The van der Waals surface area contributed by atoms with Crippen molar-refractivity contribution in [2.75, 3.05) is 17.2 Å². The van der Waals surface area contributed by atoms with E-state index < -0.39 is 0 Å². The Bertz CT molecular complexity index is 1360. The predicted octanol–water partition coefficient (Wildman–Crippen LogP) is 2.97. The Kier molecular flexibility index (Phi) is 5.59. The van der Waals surface area contributed by atoms with Gasteiger partial charge in [0.15, 0.2) is 5.82 Å². The molecule has 1 saturated heterocycles. The van der Waals surface area contributed by atoms with Crippen molar-refractivity contribution in [2.24, 2.45) is 11.8 Å². The van der Waals surface area contributed by atoms with Crippen LogP contribution in [-0.2, 0) is 0 Å². The van der Waals surface area contributed by atoms with Crippen LogP contribution in [0.15, 0.2) is 55.0 Å². The fourth-order valence-corrected chi connectivity index (χ4v) is 5.24. The molecule has 4 aromatic rings. The zero-order valence-corrected chi connectivity index (χ0v) is 19.3. The smallest absolute Gasteiger partial charge is 0.272 e. The average molecular weight is 470 g/mol. The Morgan fingerprint density at radius 2 is 2.03 bits per heavy atom. The molecule has 1 aliphatic heterocycles. The molecule has 6 rings (SSSR count). The minimum Gasteiger partial charge on any atom is -0.367 e. The molecule has 2 aliphatic rings. The molecule has 0 spiro atoms. The van der Waals surface area contributed by atoms with Crippen LogP contribution in [0.3, 0.4) is 0 Å². The summed E-state index contributed by atoms with van der Waals surface area (Å²) in [7, 11) is 0. The van der Waals surface area contributed by atoms with Crippen LogP contribution in [0.5, 0.6) is 0 Å². The van der Waals surface area contributed by atoms with Crippen LogP contribution in [-0.4, -0.2) is 49.7 Å². The van der Waals surface area contributed by atoms with E-state index in [2.05, 4.69) is 48.6 Å². The predicted molar refractivity (Wildman–Crippen MR) is 134 cm³/mol. The maximum Gasteiger partial charge on any atom is 0.272 e. The summed E-state index contributed by atoms with van der Waals surface area (Å²) in [5.41, 5.74) is 9.49. The third kappa shape index (κ3) is 4.33. The van der Waals surface area contributed by atoms with Gasteiger partial charge in [-0.25, -0.2) is 9.97 Å². The lowest BCUT2D eigenvalue weighted by atomic mass is 9.75. The van der Waals surface area contributed by atoms with E-state index in [1.807, 2.05) is 30.3 Å². The largest absolute Gasteiger partial charge is 0.367 e. The molecule has 4 unspecified atom stereocenters. The molecule has 2 fully saturated rings. The molecule has 0 bridgehead atoms. The minimum absolute atomic E-state index is 0.241. The molecule has 4 atom stereocenters. The Hall–Kier alpha value is -3.89. The molecule has 1 saturated carbocycles. The van der Waals surface area contributed by atoms with E-state index in [9.17, 15) is 4.79 Å². The number of nitrogens with zero attached hydrogens (tertiary/aromatic N) is 4. The average Bonchev–Trinajstić information content (AvgIpc) is 3.54. The summed E-state index contributed by atoms with van der Waals surface area (Å²) in [6, 6.07) is 12.3. The number of aromatic nitrogens is 5. The highest BCUT2D eigenvalue weighted by molar-refractivity contribution is 6.06. The van der Waals surface area contributed by atoms with Crippen molar-refractivity contribution in [3.63, 3.8) is 0 Å². The number of hydrazine groups is 1. The van der Waals surface area contributed by atoms with Crippen LogP contribution < -0.4 is 21.5 Å². The first-order chi connectivity index (χ1) is 17.1. The first-order valence-electron chi connectivity index (χ1n) is 11.9. The summed E-state index contributed by atoms with van der Waals surface area (Å²) < 4.78 is 0. The second kappa shape index (κ2) is 9.05. The first-order valence-corrected chi connectivity index (χ1v) is 11.9. The molecule has 3 aromatic heterocycles. The maximum absolute atomic E-state index is 12.6. The van der Waals surface area contributed by atoms with Gasteiger partial charge >= 0.3 is 0 Å². The van der Waals surface area contributed by atoms with Gasteiger partial charge in [0, 0.05) is 41.3 Å². The summed E-state index contributed by atoms with van der Waals surface area (Å²) in [5.74, 6) is 2.40. The summed E-state index contributed by atoms with van der Waals surface area (Å²) >= 11 is 0. The van der Waals surface area contributed by atoms with Gasteiger partial charge in [-0.1, -0.05) is 19.1 Å².